The van der Waals surface area contributed by atoms with Crippen LogP contribution in [-0.2, 0) is 0 Å². The smallest absolute Gasteiger partial charge is 0.110 e. The van der Waals surface area contributed by atoms with E-state index in [-0.39, 0.29) is 0 Å². The van der Waals surface area contributed by atoms with E-state index in [1.54, 1.807) is 6.34 Å². The second-order valence-electron chi connectivity index (χ2n) is 2.55. The van der Waals surface area contributed by atoms with Gasteiger partial charge in [0.25, 0.3) is 0 Å². The monoisotopic (exact) mass is 141 g/mol. The molecule has 3 heteroatoms. The zero-order valence-corrected chi connectivity index (χ0v) is 6.51. The number of rotatable bonds is 4. The van der Waals surface area contributed by atoms with Gasteiger partial charge in [0, 0.05) is 6.54 Å². The average Bonchev–Trinajstić information content (AvgIpc) is 2.41. The van der Waals surface area contributed by atoms with Gasteiger partial charge in [-0.2, -0.15) is 0 Å². The summed E-state index contributed by atoms with van der Waals surface area (Å²) in [4.78, 5) is 4.03. The van der Waals surface area contributed by atoms with E-state index in [0.717, 1.165) is 13.2 Å². The lowest BCUT2D eigenvalue weighted by Gasteiger charge is -2.12. The molecule has 1 N–H and O–H groups in total. The predicted molar refractivity (Wildman–Crippen MR) is 42.7 cm³/mol. The third-order valence-corrected chi connectivity index (χ3v) is 1.62. The number of nitrogens with one attached hydrogen (secondary N) is 1. The van der Waals surface area contributed by atoms with E-state index in [1.165, 1.54) is 19.3 Å². The Morgan fingerprint density at radius 3 is 3.10 bits per heavy atom. The largest absolute Gasteiger partial charge is 0.308 e. The molecule has 1 aliphatic heterocycles. The van der Waals surface area contributed by atoms with Crippen molar-refractivity contribution in [2.75, 3.05) is 13.2 Å². The Balaban J connectivity index is 1.93. The fourth-order valence-corrected chi connectivity index (χ4v) is 0.991. The summed E-state index contributed by atoms with van der Waals surface area (Å²) in [5, 5.41) is 2.12. The Morgan fingerprint density at radius 1 is 1.60 bits per heavy atom. The minimum atomic E-state index is 0.823. The SMILES string of the molecule is CCCCCN1CN=CN1. The highest BCUT2D eigenvalue weighted by atomic mass is 15.6. The summed E-state index contributed by atoms with van der Waals surface area (Å²) in [6.45, 7) is 4.16. The van der Waals surface area contributed by atoms with Crippen LogP contribution in [0.5, 0.6) is 0 Å². The second-order valence-corrected chi connectivity index (χ2v) is 2.55. The van der Waals surface area contributed by atoms with Gasteiger partial charge in [-0.15, -0.1) is 0 Å². The zero-order valence-electron chi connectivity index (χ0n) is 6.51. The molecule has 0 atom stereocenters. The van der Waals surface area contributed by atoms with Crippen molar-refractivity contribution >= 4 is 6.34 Å². The van der Waals surface area contributed by atoms with Gasteiger partial charge in [-0.05, 0) is 6.42 Å². The van der Waals surface area contributed by atoms with Crippen molar-refractivity contribution in [2.24, 2.45) is 4.99 Å². The van der Waals surface area contributed by atoms with Gasteiger partial charge in [-0.25, -0.2) is 5.01 Å². The quantitative estimate of drug-likeness (QED) is 0.591. The summed E-state index contributed by atoms with van der Waals surface area (Å²) in [5.74, 6) is 0. The van der Waals surface area contributed by atoms with Crippen LogP contribution in [0.4, 0.5) is 0 Å². The molecule has 0 bridgehead atoms. The molecule has 0 aliphatic carbocycles. The second kappa shape index (κ2) is 4.28. The maximum Gasteiger partial charge on any atom is 0.110 e. The number of aliphatic imine (C=N–C) groups is 1. The van der Waals surface area contributed by atoms with E-state index in [4.69, 9.17) is 0 Å². The highest BCUT2D eigenvalue weighted by Crippen LogP contribution is 1.97. The molecule has 0 aromatic heterocycles. The maximum absolute atomic E-state index is 4.03. The van der Waals surface area contributed by atoms with E-state index in [9.17, 15) is 0 Å². The molecule has 58 valence electrons. The van der Waals surface area contributed by atoms with Crippen LogP contribution in [0, 0.1) is 0 Å². The molecular formula is C7H15N3. The molecule has 0 aromatic rings. The van der Waals surface area contributed by atoms with Crippen LogP contribution in [0.3, 0.4) is 0 Å². The summed E-state index contributed by atoms with van der Waals surface area (Å²) in [6.07, 6.45) is 5.63. The molecule has 0 spiro atoms. The van der Waals surface area contributed by atoms with Gasteiger partial charge in [-0.3, -0.25) is 4.99 Å². The number of nitrogens with zero attached hydrogens (tertiary/aromatic N) is 2. The molecule has 0 amide bonds. The molecule has 3 nitrogen and oxygen atoms in total. The van der Waals surface area contributed by atoms with Gasteiger partial charge in [0.1, 0.15) is 6.67 Å². The molecule has 0 aromatic carbocycles. The number of hydrazine groups is 1. The predicted octanol–water partition coefficient (Wildman–Crippen LogP) is 0.983. The minimum absolute atomic E-state index is 0.823. The molecule has 0 fully saturated rings. The normalized spacial score (nSPS) is 17.7. The van der Waals surface area contributed by atoms with Crippen LogP contribution in [0.25, 0.3) is 0 Å². The molecule has 10 heavy (non-hydrogen) atoms. The molecule has 1 heterocycles. The third-order valence-electron chi connectivity index (χ3n) is 1.62. The first-order valence-electron chi connectivity index (χ1n) is 3.93. The average molecular weight is 141 g/mol. The summed E-state index contributed by atoms with van der Waals surface area (Å²) in [6, 6.07) is 0. The van der Waals surface area contributed by atoms with Crippen molar-refractivity contribution in [3.8, 4) is 0 Å². The van der Waals surface area contributed by atoms with Gasteiger partial charge in [0.15, 0.2) is 0 Å². The van der Waals surface area contributed by atoms with Gasteiger partial charge in [0.2, 0.25) is 0 Å². The van der Waals surface area contributed by atoms with E-state index < -0.39 is 0 Å². The summed E-state index contributed by atoms with van der Waals surface area (Å²) < 4.78 is 0. The van der Waals surface area contributed by atoms with Crippen molar-refractivity contribution in [3.63, 3.8) is 0 Å². The molecule has 1 aliphatic rings. The summed E-state index contributed by atoms with van der Waals surface area (Å²) in [7, 11) is 0. The van der Waals surface area contributed by atoms with Crippen LogP contribution in [0.15, 0.2) is 4.99 Å². The lowest BCUT2D eigenvalue weighted by Crippen LogP contribution is -2.32. The topological polar surface area (TPSA) is 27.6 Å². The van der Waals surface area contributed by atoms with Gasteiger partial charge in [-0.1, -0.05) is 19.8 Å². The molecule has 0 radical (unpaired) electrons. The molecule has 0 unspecified atom stereocenters. The molecule has 0 saturated heterocycles. The van der Waals surface area contributed by atoms with E-state index in [2.05, 4.69) is 22.4 Å². The number of unbranched alkanes of at least 4 members (excludes halogenated alkanes) is 2. The Morgan fingerprint density at radius 2 is 2.50 bits per heavy atom. The third kappa shape index (κ3) is 2.35. The van der Waals surface area contributed by atoms with Crippen molar-refractivity contribution in [2.45, 2.75) is 26.2 Å². The minimum Gasteiger partial charge on any atom is -0.308 e. The van der Waals surface area contributed by atoms with Crippen molar-refractivity contribution < 1.29 is 0 Å². The van der Waals surface area contributed by atoms with Crippen LogP contribution in [0.1, 0.15) is 26.2 Å². The first-order valence-corrected chi connectivity index (χ1v) is 3.93. The summed E-state index contributed by atoms with van der Waals surface area (Å²) in [5.41, 5.74) is 3.06. The Bertz CT molecular complexity index is 103. The van der Waals surface area contributed by atoms with Gasteiger partial charge in [0.05, 0.1) is 6.34 Å². The van der Waals surface area contributed by atoms with Gasteiger partial charge < -0.3 is 5.43 Å². The standard InChI is InChI=1S/C7H15N3/c1-2-3-4-5-10-7-8-6-9-10/h6H,2-5,7H2,1H3,(H,8,9). The fourth-order valence-electron chi connectivity index (χ4n) is 0.991. The van der Waals surface area contributed by atoms with E-state index in [1.807, 2.05) is 0 Å². The lowest BCUT2D eigenvalue weighted by atomic mass is 10.2. The summed E-state index contributed by atoms with van der Waals surface area (Å²) >= 11 is 0. The fraction of sp³-hybridized carbons (Fsp3) is 0.857. The van der Waals surface area contributed by atoms with Crippen molar-refractivity contribution in [1.29, 1.82) is 0 Å². The Labute approximate surface area is 62.1 Å². The van der Waals surface area contributed by atoms with Gasteiger partial charge >= 0.3 is 0 Å². The molecular weight excluding hydrogens is 126 g/mol. The molecule has 0 saturated carbocycles. The lowest BCUT2D eigenvalue weighted by molar-refractivity contribution is 0.261. The van der Waals surface area contributed by atoms with Crippen LogP contribution in [0.2, 0.25) is 0 Å². The Kier molecular flexibility index (Phi) is 3.22. The van der Waals surface area contributed by atoms with Crippen LogP contribution < -0.4 is 5.43 Å². The maximum atomic E-state index is 4.03. The first kappa shape index (κ1) is 7.54. The number of hydrogen-bond acceptors (Lipinski definition) is 3. The Hall–Kier alpha value is -0.570. The highest BCUT2D eigenvalue weighted by Gasteiger charge is 2.03. The molecule has 1 rings (SSSR count). The number of hydrogen-bond donors (Lipinski definition) is 1. The van der Waals surface area contributed by atoms with E-state index >= 15 is 0 Å². The van der Waals surface area contributed by atoms with Crippen molar-refractivity contribution in [3.05, 3.63) is 0 Å². The highest BCUT2D eigenvalue weighted by molar-refractivity contribution is 5.54. The zero-order chi connectivity index (χ0) is 7.23. The first-order chi connectivity index (χ1) is 4.93. The van der Waals surface area contributed by atoms with Crippen LogP contribution >= 0.6 is 0 Å². The van der Waals surface area contributed by atoms with Crippen LogP contribution in [-0.4, -0.2) is 24.6 Å². The van der Waals surface area contributed by atoms with Crippen molar-refractivity contribution in [1.82, 2.24) is 10.4 Å². The van der Waals surface area contributed by atoms with E-state index in [0.29, 0.717) is 0 Å².